The number of pyridine rings is 1. The van der Waals surface area contributed by atoms with Crippen LogP contribution < -0.4 is 5.32 Å². The topological polar surface area (TPSA) is 67.8 Å². The van der Waals surface area contributed by atoms with Gasteiger partial charge in [-0.15, -0.1) is 10.2 Å². The first-order valence-corrected chi connectivity index (χ1v) is 9.69. The van der Waals surface area contributed by atoms with Gasteiger partial charge in [0.25, 0.3) is 5.91 Å². The number of rotatable bonds is 5. The van der Waals surface area contributed by atoms with Gasteiger partial charge in [-0.2, -0.15) is 0 Å². The van der Waals surface area contributed by atoms with E-state index in [1.165, 1.54) is 16.9 Å². The van der Waals surface area contributed by atoms with Gasteiger partial charge in [-0.1, -0.05) is 67.1 Å². The number of nitrogens with zero attached hydrogens (tertiary/aromatic N) is 3. The Morgan fingerprint density at radius 2 is 1.93 bits per heavy atom. The summed E-state index contributed by atoms with van der Waals surface area (Å²) in [5, 5.41) is 11.8. The molecule has 1 amide bonds. The second-order valence-corrected chi connectivity index (χ2v) is 7.05. The summed E-state index contributed by atoms with van der Waals surface area (Å²) >= 11 is 1.29. The van der Waals surface area contributed by atoms with E-state index < -0.39 is 0 Å². The number of aromatic nitrogens is 3. The molecule has 134 valence electrons. The van der Waals surface area contributed by atoms with Crippen molar-refractivity contribution in [2.75, 3.05) is 5.32 Å². The number of benzene rings is 2. The van der Waals surface area contributed by atoms with E-state index in [0.717, 1.165) is 35.0 Å². The van der Waals surface area contributed by atoms with Gasteiger partial charge in [0.15, 0.2) is 0 Å². The molecule has 0 aliphatic carbocycles. The fourth-order valence-corrected chi connectivity index (χ4v) is 3.47. The summed E-state index contributed by atoms with van der Waals surface area (Å²) in [6.45, 7) is 2.17. The van der Waals surface area contributed by atoms with Gasteiger partial charge in [-0.05, 0) is 24.1 Å². The van der Waals surface area contributed by atoms with E-state index in [1.807, 2.05) is 30.3 Å². The van der Waals surface area contributed by atoms with E-state index in [4.69, 9.17) is 4.98 Å². The third kappa shape index (κ3) is 3.71. The molecule has 1 N–H and O–H groups in total. The molecule has 2 aromatic heterocycles. The van der Waals surface area contributed by atoms with Crippen molar-refractivity contribution in [1.29, 1.82) is 0 Å². The van der Waals surface area contributed by atoms with Gasteiger partial charge in [-0.25, -0.2) is 4.98 Å². The smallest absolute Gasteiger partial charge is 0.258 e. The normalized spacial score (nSPS) is 10.9. The van der Waals surface area contributed by atoms with E-state index in [-0.39, 0.29) is 5.91 Å². The maximum atomic E-state index is 12.8. The summed E-state index contributed by atoms with van der Waals surface area (Å²) in [5.74, 6) is -0.214. The molecule has 0 aliphatic heterocycles. The Labute approximate surface area is 161 Å². The highest BCUT2D eigenvalue weighted by Gasteiger charge is 2.15. The number of hydrogen-bond donors (Lipinski definition) is 1. The maximum absolute atomic E-state index is 12.8. The third-order valence-corrected chi connectivity index (χ3v) is 4.94. The average Bonchev–Trinajstić information content (AvgIpc) is 3.21. The number of hydrogen-bond acceptors (Lipinski definition) is 5. The lowest BCUT2D eigenvalue weighted by Gasteiger charge is -2.10. The van der Waals surface area contributed by atoms with Gasteiger partial charge < -0.3 is 0 Å². The molecule has 0 bridgehead atoms. The van der Waals surface area contributed by atoms with Crippen LogP contribution in [0.1, 0.15) is 29.3 Å². The second kappa shape index (κ2) is 7.63. The molecule has 0 spiro atoms. The van der Waals surface area contributed by atoms with Crippen LogP contribution in [0.3, 0.4) is 0 Å². The Bertz CT molecular complexity index is 1080. The molecule has 0 unspecified atom stereocenters. The molecular weight excluding hydrogens is 356 g/mol. The molecular formula is C21H18N4OS. The zero-order chi connectivity index (χ0) is 18.6. The quantitative estimate of drug-likeness (QED) is 0.536. The predicted octanol–water partition coefficient (Wildman–Crippen LogP) is 4.96. The molecule has 2 heterocycles. The van der Waals surface area contributed by atoms with Crippen molar-refractivity contribution in [2.45, 2.75) is 19.8 Å². The summed E-state index contributed by atoms with van der Waals surface area (Å²) in [6.07, 6.45) is 2.17. The largest absolute Gasteiger partial charge is 0.296 e. The Kier molecular flexibility index (Phi) is 4.89. The lowest BCUT2D eigenvalue weighted by Crippen LogP contribution is -2.13. The van der Waals surface area contributed by atoms with Gasteiger partial charge in [-0.3, -0.25) is 10.1 Å². The fraction of sp³-hybridized carbons (Fsp3) is 0.143. The van der Waals surface area contributed by atoms with Crippen molar-refractivity contribution < 1.29 is 4.79 Å². The number of aryl methyl sites for hydroxylation is 1. The van der Waals surface area contributed by atoms with Gasteiger partial charge in [0, 0.05) is 10.9 Å². The van der Waals surface area contributed by atoms with Crippen LogP contribution in [0.25, 0.3) is 22.2 Å². The summed E-state index contributed by atoms with van der Waals surface area (Å²) in [7, 11) is 0. The van der Waals surface area contributed by atoms with E-state index in [1.54, 1.807) is 5.51 Å². The number of carbonyl (C=O) groups is 1. The number of anilines is 1. The Morgan fingerprint density at radius 3 is 2.67 bits per heavy atom. The maximum Gasteiger partial charge on any atom is 0.258 e. The highest BCUT2D eigenvalue weighted by molar-refractivity contribution is 7.13. The highest BCUT2D eigenvalue weighted by atomic mass is 32.1. The summed E-state index contributed by atoms with van der Waals surface area (Å²) in [6, 6.07) is 17.9. The van der Waals surface area contributed by atoms with Crippen molar-refractivity contribution in [2.24, 2.45) is 0 Å². The minimum atomic E-state index is -0.214. The summed E-state index contributed by atoms with van der Waals surface area (Å²) in [5.41, 5.74) is 6.02. The molecule has 4 aromatic rings. The van der Waals surface area contributed by atoms with Crippen molar-refractivity contribution in [1.82, 2.24) is 15.2 Å². The molecule has 4 rings (SSSR count). The van der Waals surface area contributed by atoms with E-state index in [2.05, 4.69) is 46.7 Å². The third-order valence-electron chi connectivity index (χ3n) is 4.33. The van der Waals surface area contributed by atoms with Gasteiger partial charge in [0.2, 0.25) is 5.13 Å². The van der Waals surface area contributed by atoms with Crippen LogP contribution in [0.15, 0.2) is 60.1 Å². The lowest BCUT2D eigenvalue weighted by atomic mass is 10.0. The Morgan fingerprint density at radius 1 is 1.11 bits per heavy atom. The highest BCUT2D eigenvalue weighted by Crippen LogP contribution is 2.26. The van der Waals surface area contributed by atoms with Gasteiger partial charge in [0.1, 0.15) is 5.51 Å². The van der Waals surface area contributed by atoms with E-state index >= 15 is 0 Å². The van der Waals surface area contributed by atoms with Crippen LogP contribution in [0.5, 0.6) is 0 Å². The molecule has 6 heteroatoms. The van der Waals surface area contributed by atoms with Crippen LogP contribution in [-0.2, 0) is 6.42 Å². The van der Waals surface area contributed by atoms with Crippen molar-refractivity contribution >= 4 is 33.3 Å². The molecule has 5 nitrogen and oxygen atoms in total. The van der Waals surface area contributed by atoms with Crippen LogP contribution in [0.4, 0.5) is 5.13 Å². The molecule has 0 atom stereocenters. The number of carbonyl (C=O) groups excluding carboxylic acids is 1. The zero-order valence-corrected chi connectivity index (χ0v) is 15.7. The van der Waals surface area contributed by atoms with E-state index in [0.29, 0.717) is 10.7 Å². The van der Waals surface area contributed by atoms with Crippen LogP contribution in [-0.4, -0.2) is 21.1 Å². The Balaban J connectivity index is 1.77. The number of amides is 1. The molecule has 2 aromatic carbocycles. The first-order chi connectivity index (χ1) is 13.2. The minimum Gasteiger partial charge on any atom is -0.296 e. The van der Waals surface area contributed by atoms with Crippen LogP contribution >= 0.6 is 11.3 Å². The van der Waals surface area contributed by atoms with Crippen molar-refractivity contribution in [3.63, 3.8) is 0 Å². The van der Waals surface area contributed by atoms with Crippen molar-refractivity contribution in [3.8, 4) is 11.3 Å². The van der Waals surface area contributed by atoms with Crippen molar-refractivity contribution in [3.05, 3.63) is 71.2 Å². The van der Waals surface area contributed by atoms with Gasteiger partial charge in [0.05, 0.1) is 16.8 Å². The van der Waals surface area contributed by atoms with Crippen LogP contribution in [0, 0.1) is 0 Å². The molecule has 0 fully saturated rings. The number of fused-ring (bicyclic) bond motifs is 1. The van der Waals surface area contributed by atoms with Crippen LogP contribution in [0.2, 0.25) is 0 Å². The number of nitrogens with one attached hydrogen (secondary N) is 1. The summed E-state index contributed by atoms with van der Waals surface area (Å²) < 4.78 is 0. The molecule has 0 saturated carbocycles. The molecule has 0 radical (unpaired) electrons. The molecule has 0 saturated heterocycles. The van der Waals surface area contributed by atoms with Gasteiger partial charge >= 0.3 is 0 Å². The monoisotopic (exact) mass is 374 g/mol. The molecule has 0 aliphatic rings. The first-order valence-electron chi connectivity index (χ1n) is 8.81. The average molecular weight is 374 g/mol. The minimum absolute atomic E-state index is 0.214. The Hall–Kier alpha value is -3.12. The number of para-hydroxylation sites is 1. The van der Waals surface area contributed by atoms with E-state index in [9.17, 15) is 4.79 Å². The zero-order valence-electron chi connectivity index (χ0n) is 14.8. The second-order valence-electron chi connectivity index (χ2n) is 6.22. The summed E-state index contributed by atoms with van der Waals surface area (Å²) in [4.78, 5) is 17.6. The SMILES string of the molecule is CCCc1ccc(-c2cc(C(=O)Nc3nncs3)c3ccccc3n2)cc1. The lowest BCUT2D eigenvalue weighted by molar-refractivity contribution is 0.102. The standard InChI is InChI=1S/C21H18N4OS/c1-2-5-14-8-10-15(11-9-14)19-12-17(16-6-3-4-7-18(16)23-19)20(26)24-21-25-22-13-27-21/h3-4,6-13H,2,5H2,1H3,(H,24,25,26). The predicted molar refractivity (Wildman–Crippen MR) is 109 cm³/mol. The first kappa shape index (κ1) is 17.3. The fourth-order valence-electron chi connectivity index (χ4n) is 3.03. The molecule has 27 heavy (non-hydrogen) atoms.